The highest BCUT2D eigenvalue weighted by Gasteiger charge is 2.29. The Hall–Kier alpha value is -2.78. The lowest BCUT2D eigenvalue weighted by atomic mass is 10.2. The van der Waals surface area contributed by atoms with Crippen molar-refractivity contribution in [1.82, 2.24) is 9.97 Å². The van der Waals surface area contributed by atoms with Gasteiger partial charge < -0.3 is 19.5 Å². The molecule has 0 atom stereocenters. The molecule has 1 aromatic heterocycles. The van der Waals surface area contributed by atoms with Crippen LogP contribution in [0, 0.1) is 5.82 Å². The van der Waals surface area contributed by atoms with Crippen molar-refractivity contribution in [2.75, 3.05) is 18.7 Å². The molecule has 2 aromatic rings. The van der Waals surface area contributed by atoms with Gasteiger partial charge in [-0.05, 0) is 17.7 Å². The van der Waals surface area contributed by atoms with Gasteiger partial charge in [-0.1, -0.05) is 6.07 Å². The van der Waals surface area contributed by atoms with Crippen molar-refractivity contribution in [3.8, 4) is 17.5 Å². The van der Waals surface area contributed by atoms with E-state index in [1.807, 2.05) is 0 Å². The fourth-order valence-electron chi connectivity index (χ4n) is 1.93. The predicted octanol–water partition coefficient (Wildman–Crippen LogP) is 2.90. The van der Waals surface area contributed by atoms with E-state index in [4.69, 9.17) is 9.47 Å². The largest absolute Gasteiger partial charge is 0.454 e. The molecule has 24 heavy (non-hydrogen) atoms. The maximum Gasteiger partial charge on any atom is 0.422 e. The van der Waals surface area contributed by atoms with E-state index in [0.29, 0.717) is 11.5 Å². The second kappa shape index (κ2) is 6.38. The number of hydrogen-bond acceptors (Lipinski definition) is 6. The summed E-state index contributed by atoms with van der Waals surface area (Å²) in [6.07, 6.45) is -3.79. The van der Waals surface area contributed by atoms with Crippen LogP contribution in [0.15, 0.2) is 24.4 Å². The van der Waals surface area contributed by atoms with Crippen molar-refractivity contribution in [3.05, 3.63) is 35.8 Å². The molecular formula is C14H11F4N3O3. The van der Waals surface area contributed by atoms with Crippen LogP contribution >= 0.6 is 0 Å². The Morgan fingerprint density at radius 2 is 2.00 bits per heavy atom. The monoisotopic (exact) mass is 345 g/mol. The van der Waals surface area contributed by atoms with Crippen LogP contribution in [0.2, 0.25) is 0 Å². The van der Waals surface area contributed by atoms with Gasteiger partial charge in [-0.25, -0.2) is 9.37 Å². The van der Waals surface area contributed by atoms with Gasteiger partial charge in [0.05, 0.1) is 6.20 Å². The summed E-state index contributed by atoms with van der Waals surface area (Å²) >= 11 is 0. The molecule has 0 fully saturated rings. The van der Waals surface area contributed by atoms with Crippen LogP contribution in [0.3, 0.4) is 0 Å². The Morgan fingerprint density at radius 3 is 2.79 bits per heavy atom. The van der Waals surface area contributed by atoms with E-state index in [1.165, 1.54) is 0 Å². The van der Waals surface area contributed by atoms with E-state index in [9.17, 15) is 17.6 Å². The molecule has 0 radical (unpaired) electrons. The van der Waals surface area contributed by atoms with Crippen LogP contribution in [0.25, 0.3) is 0 Å². The van der Waals surface area contributed by atoms with Gasteiger partial charge in [-0.2, -0.15) is 18.2 Å². The predicted molar refractivity (Wildman–Crippen MR) is 73.4 cm³/mol. The van der Waals surface area contributed by atoms with Crippen molar-refractivity contribution in [3.63, 3.8) is 0 Å². The summed E-state index contributed by atoms with van der Waals surface area (Å²) in [6, 6.07) is 4.57. The molecular weight excluding hydrogens is 334 g/mol. The summed E-state index contributed by atoms with van der Waals surface area (Å²) in [5, 5.41) is 2.67. The van der Waals surface area contributed by atoms with Gasteiger partial charge in [-0.3, -0.25) is 0 Å². The van der Waals surface area contributed by atoms with Gasteiger partial charge in [0.25, 0.3) is 0 Å². The Morgan fingerprint density at radius 1 is 1.21 bits per heavy atom. The van der Waals surface area contributed by atoms with Gasteiger partial charge >= 0.3 is 12.2 Å². The zero-order valence-corrected chi connectivity index (χ0v) is 12.1. The number of anilines is 1. The Labute approximate surface area is 133 Å². The number of alkyl halides is 3. The first kappa shape index (κ1) is 16.1. The van der Waals surface area contributed by atoms with Crippen molar-refractivity contribution in [2.45, 2.75) is 12.7 Å². The maximum absolute atomic E-state index is 13.7. The third-order valence-electron chi connectivity index (χ3n) is 2.98. The normalized spacial score (nSPS) is 13.0. The number of hydrogen-bond donors (Lipinski definition) is 1. The second-order valence-corrected chi connectivity index (χ2v) is 4.79. The molecule has 0 aliphatic carbocycles. The topological polar surface area (TPSA) is 65.5 Å². The molecule has 128 valence electrons. The zero-order valence-electron chi connectivity index (χ0n) is 12.1. The van der Waals surface area contributed by atoms with E-state index in [1.54, 1.807) is 18.2 Å². The molecule has 0 spiro atoms. The summed E-state index contributed by atoms with van der Waals surface area (Å²) in [5.41, 5.74) is 0.745. The van der Waals surface area contributed by atoms with E-state index in [-0.39, 0.29) is 19.2 Å². The van der Waals surface area contributed by atoms with E-state index in [2.05, 4.69) is 20.0 Å². The molecule has 0 saturated carbocycles. The van der Waals surface area contributed by atoms with E-state index < -0.39 is 24.6 Å². The molecule has 0 saturated heterocycles. The van der Waals surface area contributed by atoms with Gasteiger partial charge in [0.2, 0.25) is 6.79 Å². The number of fused-ring (bicyclic) bond motifs is 1. The van der Waals surface area contributed by atoms with E-state index in [0.717, 1.165) is 11.8 Å². The number of halogens is 4. The SMILES string of the molecule is Fc1cnc(OCC(F)(F)F)nc1NCc1ccc2c(c1)OCO2. The molecule has 1 N–H and O–H groups in total. The first-order chi connectivity index (χ1) is 11.4. The highest BCUT2D eigenvalue weighted by molar-refractivity contribution is 5.46. The molecule has 0 unspecified atom stereocenters. The minimum absolute atomic E-state index is 0.132. The Balaban J connectivity index is 1.66. The average Bonchev–Trinajstić information content (AvgIpc) is 2.99. The molecule has 1 aromatic carbocycles. The van der Waals surface area contributed by atoms with Crippen molar-refractivity contribution >= 4 is 5.82 Å². The number of benzene rings is 1. The fourth-order valence-corrected chi connectivity index (χ4v) is 1.93. The van der Waals surface area contributed by atoms with Gasteiger partial charge in [0.1, 0.15) is 0 Å². The van der Waals surface area contributed by atoms with Gasteiger partial charge in [-0.15, -0.1) is 0 Å². The highest BCUT2D eigenvalue weighted by Crippen LogP contribution is 2.32. The second-order valence-electron chi connectivity index (χ2n) is 4.79. The third-order valence-corrected chi connectivity index (χ3v) is 2.98. The van der Waals surface area contributed by atoms with Crippen LogP contribution in [-0.4, -0.2) is 29.5 Å². The Kier molecular flexibility index (Phi) is 4.28. The summed E-state index contributed by atoms with van der Waals surface area (Å²) in [6.45, 7) is -1.25. The number of nitrogens with one attached hydrogen (secondary N) is 1. The zero-order chi connectivity index (χ0) is 17.2. The molecule has 6 nitrogen and oxygen atoms in total. The summed E-state index contributed by atoms with van der Waals surface area (Å²) in [5.74, 6) is 0.0939. The smallest absolute Gasteiger partial charge is 0.422 e. The first-order valence-corrected chi connectivity index (χ1v) is 6.75. The molecule has 3 rings (SSSR count). The number of ether oxygens (including phenoxy) is 3. The molecule has 10 heteroatoms. The van der Waals surface area contributed by atoms with Gasteiger partial charge in [0.15, 0.2) is 29.7 Å². The molecule has 0 amide bonds. The van der Waals surface area contributed by atoms with Crippen LogP contribution < -0.4 is 19.5 Å². The molecule has 2 heterocycles. The molecule has 0 bridgehead atoms. The average molecular weight is 345 g/mol. The standard InChI is InChI=1S/C14H11F4N3O3/c15-9-5-20-13(22-6-14(16,17)18)21-12(9)19-4-8-1-2-10-11(3-8)24-7-23-10/h1-3,5H,4,6-7H2,(H,19,20,21). The van der Waals surface area contributed by atoms with Crippen LogP contribution in [0.4, 0.5) is 23.4 Å². The highest BCUT2D eigenvalue weighted by atomic mass is 19.4. The minimum atomic E-state index is -4.53. The van der Waals surface area contributed by atoms with Crippen molar-refractivity contribution in [1.29, 1.82) is 0 Å². The first-order valence-electron chi connectivity index (χ1n) is 6.75. The lowest BCUT2D eigenvalue weighted by molar-refractivity contribution is -0.154. The van der Waals surface area contributed by atoms with Gasteiger partial charge in [0, 0.05) is 6.54 Å². The number of aromatic nitrogens is 2. The van der Waals surface area contributed by atoms with Crippen LogP contribution in [-0.2, 0) is 6.54 Å². The quantitative estimate of drug-likeness (QED) is 0.841. The minimum Gasteiger partial charge on any atom is -0.454 e. The van der Waals surface area contributed by atoms with Crippen molar-refractivity contribution in [2.24, 2.45) is 0 Å². The lowest BCUT2D eigenvalue weighted by Gasteiger charge is -2.10. The van der Waals surface area contributed by atoms with Crippen LogP contribution in [0.1, 0.15) is 5.56 Å². The van der Waals surface area contributed by atoms with Crippen molar-refractivity contribution < 1.29 is 31.8 Å². The summed E-state index contributed by atoms with van der Waals surface area (Å²) < 4.78 is 64.8. The summed E-state index contributed by atoms with van der Waals surface area (Å²) in [4.78, 5) is 6.95. The maximum atomic E-state index is 13.7. The number of rotatable bonds is 5. The van der Waals surface area contributed by atoms with Crippen LogP contribution in [0.5, 0.6) is 17.5 Å². The van der Waals surface area contributed by atoms with E-state index >= 15 is 0 Å². The fraction of sp³-hybridized carbons (Fsp3) is 0.286. The Bertz CT molecular complexity index is 740. The lowest BCUT2D eigenvalue weighted by Crippen LogP contribution is -2.20. The molecule has 1 aliphatic heterocycles. The third kappa shape index (κ3) is 3.94. The number of nitrogens with zero attached hydrogens (tertiary/aromatic N) is 2. The molecule has 1 aliphatic rings. The summed E-state index contributed by atoms with van der Waals surface area (Å²) in [7, 11) is 0.